The van der Waals surface area contributed by atoms with E-state index >= 15 is 0 Å². The summed E-state index contributed by atoms with van der Waals surface area (Å²) in [4.78, 5) is 12.9. The van der Waals surface area contributed by atoms with E-state index in [9.17, 15) is 4.79 Å². The molecule has 1 aromatic heterocycles. The molecule has 98 valence electrons. The number of carbonyl (C=O) groups excluding carboxylic acids is 1. The molecule has 2 aromatic rings. The summed E-state index contributed by atoms with van der Waals surface area (Å²) < 4.78 is 3.73. The molecular weight excluding hydrogens is 280 g/mol. The molecule has 0 saturated heterocycles. The first-order chi connectivity index (χ1) is 9.06. The molecule has 0 fully saturated rings. The van der Waals surface area contributed by atoms with Crippen molar-refractivity contribution in [2.45, 2.75) is 13.3 Å². The third-order valence-corrected chi connectivity index (χ3v) is 3.42. The number of nitrogens with zero attached hydrogens (tertiary/aromatic N) is 2. The molecule has 0 unspecified atom stereocenters. The molecule has 0 aliphatic rings. The number of carbonyl (C=O) groups is 1. The summed E-state index contributed by atoms with van der Waals surface area (Å²) in [6.07, 6.45) is 0.557. The van der Waals surface area contributed by atoms with E-state index in [1.165, 1.54) is 0 Å². The number of thiocarbonyl (C=S) groups is 1. The van der Waals surface area contributed by atoms with Crippen molar-refractivity contribution in [2.75, 3.05) is 5.32 Å². The maximum absolute atomic E-state index is 11.9. The summed E-state index contributed by atoms with van der Waals surface area (Å²) in [5.41, 5.74) is 7.83. The predicted octanol–water partition coefficient (Wildman–Crippen LogP) is 1.93. The van der Waals surface area contributed by atoms with Gasteiger partial charge in [-0.2, -0.15) is 0 Å². The van der Waals surface area contributed by atoms with Crippen LogP contribution in [0.25, 0.3) is 0 Å². The number of aromatic nitrogens is 2. The Hall–Kier alpha value is -1.86. The van der Waals surface area contributed by atoms with E-state index in [1.54, 1.807) is 6.92 Å². The van der Waals surface area contributed by atoms with Crippen molar-refractivity contribution in [1.82, 2.24) is 9.59 Å². The van der Waals surface area contributed by atoms with Gasteiger partial charge in [0.05, 0.1) is 10.7 Å². The second-order valence-electron chi connectivity index (χ2n) is 3.98. The fourth-order valence-corrected chi connectivity index (χ4v) is 2.25. The highest BCUT2D eigenvalue weighted by atomic mass is 32.1. The van der Waals surface area contributed by atoms with Crippen LogP contribution in [0.5, 0.6) is 0 Å². The third-order valence-electron chi connectivity index (χ3n) is 2.45. The van der Waals surface area contributed by atoms with Crippen molar-refractivity contribution >= 4 is 40.3 Å². The quantitative estimate of drug-likeness (QED) is 0.842. The smallest absolute Gasteiger partial charge is 0.269 e. The minimum Gasteiger partial charge on any atom is -0.393 e. The number of hydrogen-bond donors (Lipinski definition) is 2. The highest BCUT2D eigenvalue weighted by Crippen LogP contribution is 2.14. The van der Waals surface area contributed by atoms with Crippen LogP contribution in [0, 0.1) is 6.92 Å². The lowest BCUT2D eigenvalue weighted by Gasteiger charge is -2.05. The lowest BCUT2D eigenvalue weighted by molar-refractivity contribution is 0.103. The van der Waals surface area contributed by atoms with Crippen LogP contribution in [0.3, 0.4) is 0 Å². The molecule has 19 heavy (non-hydrogen) atoms. The van der Waals surface area contributed by atoms with Gasteiger partial charge in [0.25, 0.3) is 5.91 Å². The van der Waals surface area contributed by atoms with Gasteiger partial charge in [0, 0.05) is 12.1 Å². The van der Waals surface area contributed by atoms with E-state index in [4.69, 9.17) is 18.0 Å². The second kappa shape index (κ2) is 5.85. The van der Waals surface area contributed by atoms with Gasteiger partial charge in [0.2, 0.25) is 0 Å². The van der Waals surface area contributed by atoms with Crippen molar-refractivity contribution in [2.24, 2.45) is 5.73 Å². The Morgan fingerprint density at radius 2 is 2.11 bits per heavy atom. The standard InChI is InChI=1S/C12H12N4OS2/c1-7-11(19-16-15-7)12(17)14-9-4-2-8(3-5-9)6-10(13)18/h2-5H,6H2,1H3,(H2,13,18)(H,14,17). The molecule has 0 spiro atoms. The number of anilines is 1. The normalized spacial score (nSPS) is 10.2. The molecule has 0 aliphatic heterocycles. The fourth-order valence-electron chi connectivity index (χ4n) is 1.53. The molecule has 5 nitrogen and oxygen atoms in total. The molecule has 1 amide bonds. The Labute approximate surface area is 120 Å². The molecule has 1 heterocycles. The van der Waals surface area contributed by atoms with Crippen LogP contribution in [0.15, 0.2) is 24.3 Å². The number of amides is 1. The fraction of sp³-hybridized carbons (Fsp3) is 0.167. The monoisotopic (exact) mass is 292 g/mol. The Morgan fingerprint density at radius 3 is 2.63 bits per heavy atom. The Kier molecular flexibility index (Phi) is 4.18. The Morgan fingerprint density at radius 1 is 1.42 bits per heavy atom. The third kappa shape index (κ3) is 3.55. The van der Waals surface area contributed by atoms with Crippen LogP contribution >= 0.6 is 23.8 Å². The number of rotatable bonds is 4. The zero-order chi connectivity index (χ0) is 13.8. The summed E-state index contributed by atoms with van der Waals surface area (Å²) in [6.45, 7) is 1.75. The van der Waals surface area contributed by atoms with Crippen LogP contribution in [-0.2, 0) is 6.42 Å². The van der Waals surface area contributed by atoms with Gasteiger partial charge in [-0.15, -0.1) is 5.10 Å². The minimum atomic E-state index is -0.199. The SMILES string of the molecule is Cc1nnsc1C(=O)Nc1ccc(CC(N)=S)cc1. The van der Waals surface area contributed by atoms with Crippen molar-refractivity contribution in [1.29, 1.82) is 0 Å². The summed E-state index contributed by atoms with van der Waals surface area (Å²) in [5.74, 6) is -0.199. The molecule has 3 N–H and O–H groups in total. The van der Waals surface area contributed by atoms with Gasteiger partial charge in [0.1, 0.15) is 4.88 Å². The molecule has 0 atom stereocenters. The van der Waals surface area contributed by atoms with E-state index in [-0.39, 0.29) is 5.91 Å². The summed E-state index contributed by atoms with van der Waals surface area (Å²) in [5, 5.41) is 6.60. The van der Waals surface area contributed by atoms with Crippen molar-refractivity contribution in [3.05, 3.63) is 40.4 Å². The van der Waals surface area contributed by atoms with Gasteiger partial charge < -0.3 is 11.1 Å². The van der Waals surface area contributed by atoms with Gasteiger partial charge in [0.15, 0.2) is 0 Å². The average Bonchev–Trinajstić information content (AvgIpc) is 2.77. The summed E-state index contributed by atoms with van der Waals surface area (Å²) >= 11 is 5.93. The molecule has 0 bridgehead atoms. The van der Waals surface area contributed by atoms with E-state index in [2.05, 4.69) is 14.9 Å². The van der Waals surface area contributed by atoms with E-state index in [0.29, 0.717) is 27.7 Å². The highest BCUT2D eigenvalue weighted by Gasteiger charge is 2.12. The largest absolute Gasteiger partial charge is 0.393 e. The van der Waals surface area contributed by atoms with Gasteiger partial charge >= 0.3 is 0 Å². The number of benzene rings is 1. The van der Waals surface area contributed by atoms with Crippen molar-refractivity contribution in [3.8, 4) is 0 Å². The van der Waals surface area contributed by atoms with Crippen LogP contribution in [0.4, 0.5) is 5.69 Å². The molecule has 1 aromatic carbocycles. The van der Waals surface area contributed by atoms with Gasteiger partial charge in [-0.1, -0.05) is 28.8 Å². The molecular formula is C12H12N4OS2. The first-order valence-corrected chi connectivity index (χ1v) is 6.72. The first kappa shape index (κ1) is 13.6. The van der Waals surface area contributed by atoms with E-state index < -0.39 is 0 Å². The lowest BCUT2D eigenvalue weighted by atomic mass is 10.1. The van der Waals surface area contributed by atoms with Gasteiger partial charge in [-0.05, 0) is 36.2 Å². The van der Waals surface area contributed by atoms with E-state index in [0.717, 1.165) is 17.1 Å². The number of nitrogens with one attached hydrogen (secondary N) is 1. The van der Waals surface area contributed by atoms with Crippen LogP contribution in [0.2, 0.25) is 0 Å². The molecule has 0 radical (unpaired) electrons. The topological polar surface area (TPSA) is 80.9 Å². The first-order valence-electron chi connectivity index (χ1n) is 5.54. The maximum atomic E-state index is 11.9. The Bertz CT molecular complexity index is 606. The van der Waals surface area contributed by atoms with Crippen LogP contribution < -0.4 is 11.1 Å². The number of aryl methyl sites for hydroxylation is 1. The predicted molar refractivity (Wildman–Crippen MR) is 79.5 cm³/mol. The van der Waals surface area contributed by atoms with Gasteiger partial charge in [-0.3, -0.25) is 4.79 Å². The highest BCUT2D eigenvalue weighted by molar-refractivity contribution is 7.80. The summed E-state index contributed by atoms with van der Waals surface area (Å²) in [6, 6.07) is 7.39. The molecule has 0 saturated carbocycles. The minimum absolute atomic E-state index is 0.199. The maximum Gasteiger partial charge on any atom is 0.269 e. The van der Waals surface area contributed by atoms with Crippen molar-refractivity contribution < 1.29 is 4.79 Å². The number of hydrogen-bond acceptors (Lipinski definition) is 5. The second-order valence-corrected chi connectivity index (χ2v) is 5.26. The molecule has 2 rings (SSSR count). The number of nitrogens with two attached hydrogens (primary N) is 1. The van der Waals surface area contributed by atoms with Crippen molar-refractivity contribution in [3.63, 3.8) is 0 Å². The molecule has 7 heteroatoms. The Balaban J connectivity index is 2.06. The van der Waals surface area contributed by atoms with E-state index in [1.807, 2.05) is 24.3 Å². The van der Waals surface area contributed by atoms with Gasteiger partial charge in [-0.25, -0.2) is 0 Å². The average molecular weight is 292 g/mol. The van der Waals surface area contributed by atoms with Crippen LogP contribution in [-0.4, -0.2) is 20.5 Å². The van der Waals surface area contributed by atoms with Crippen LogP contribution in [0.1, 0.15) is 20.9 Å². The zero-order valence-electron chi connectivity index (χ0n) is 10.2. The molecule has 0 aliphatic carbocycles. The lowest BCUT2D eigenvalue weighted by Crippen LogP contribution is -2.12. The zero-order valence-corrected chi connectivity index (χ0v) is 11.8. The summed E-state index contributed by atoms with van der Waals surface area (Å²) in [7, 11) is 0.